The number of nitrogens with zero attached hydrogens (tertiary/aromatic N) is 1. The van der Waals surface area contributed by atoms with Crippen LogP contribution < -0.4 is 0 Å². The molecule has 1 aromatic heterocycles. The minimum absolute atomic E-state index is 0.271. The molecule has 1 heterocycles. The number of oxazole rings is 1. The molecule has 0 aliphatic heterocycles. The average molecular weight is 306 g/mol. The summed E-state index contributed by atoms with van der Waals surface area (Å²) in [5.74, 6) is 0.225. The molecule has 18 heavy (non-hydrogen) atoms. The first-order valence-electron chi connectivity index (χ1n) is 5.46. The van der Waals surface area contributed by atoms with Gasteiger partial charge in [0.15, 0.2) is 5.58 Å². The van der Waals surface area contributed by atoms with Crippen LogP contribution in [-0.2, 0) is 0 Å². The summed E-state index contributed by atoms with van der Waals surface area (Å²) >= 11 is 3.45. The fraction of sp³-hybridized carbons (Fsp3) is 0.0714. The molecule has 0 fully saturated rings. The Kier molecular flexibility index (Phi) is 2.67. The standard InChI is InChI=1S/C14H9BrFNO/c1-8-6-11(15)13-12(7-8)17-14(18-13)9-2-4-10(16)5-3-9/h2-7H,1H3. The Balaban J connectivity index is 2.19. The first kappa shape index (κ1) is 11.4. The first-order valence-corrected chi connectivity index (χ1v) is 6.25. The second-order valence-corrected chi connectivity index (χ2v) is 4.98. The highest BCUT2D eigenvalue weighted by Gasteiger charge is 2.11. The SMILES string of the molecule is Cc1cc(Br)c2oc(-c3ccc(F)cc3)nc2c1. The highest BCUT2D eigenvalue weighted by Crippen LogP contribution is 2.30. The van der Waals surface area contributed by atoms with Crippen LogP contribution in [0.3, 0.4) is 0 Å². The van der Waals surface area contributed by atoms with Gasteiger partial charge < -0.3 is 4.42 Å². The van der Waals surface area contributed by atoms with E-state index >= 15 is 0 Å². The van der Waals surface area contributed by atoms with Gasteiger partial charge in [0.1, 0.15) is 11.3 Å². The summed E-state index contributed by atoms with van der Waals surface area (Å²) in [4.78, 5) is 4.42. The van der Waals surface area contributed by atoms with Crippen molar-refractivity contribution in [1.29, 1.82) is 0 Å². The Hall–Kier alpha value is -1.68. The van der Waals surface area contributed by atoms with Gasteiger partial charge in [-0.2, -0.15) is 0 Å². The lowest BCUT2D eigenvalue weighted by molar-refractivity contribution is 0.614. The minimum Gasteiger partial charge on any atom is -0.435 e. The number of aryl methyl sites for hydroxylation is 1. The molecule has 0 N–H and O–H groups in total. The van der Waals surface area contributed by atoms with Crippen LogP contribution >= 0.6 is 15.9 Å². The van der Waals surface area contributed by atoms with E-state index in [1.807, 2.05) is 19.1 Å². The lowest BCUT2D eigenvalue weighted by atomic mass is 10.2. The second-order valence-electron chi connectivity index (χ2n) is 4.12. The van der Waals surface area contributed by atoms with E-state index in [-0.39, 0.29) is 5.82 Å². The molecule has 3 aromatic rings. The molecule has 0 saturated carbocycles. The molecule has 2 aromatic carbocycles. The first-order chi connectivity index (χ1) is 8.63. The molecule has 0 atom stereocenters. The Bertz CT molecular complexity index is 718. The molecule has 4 heteroatoms. The summed E-state index contributed by atoms with van der Waals surface area (Å²) in [6, 6.07) is 10.0. The fourth-order valence-electron chi connectivity index (χ4n) is 1.84. The molecule has 0 aliphatic rings. The molecule has 2 nitrogen and oxygen atoms in total. The normalized spacial score (nSPS) is 11.1. The summed E-state index contributed by atoms with van der Waals surface area (Å²) in [5, 5.41) is 0. The minimum atomic E-state index is -0.271. The third-order valence-electron chi connectivity index (χ3n) is 2.68. The van der Waals surface area contributed by atoms with Crippen LogP contribution in [0.5, 0.6) is 0 Å². The van der Waals surface area contributed by atoms with Crippen molar-refractivity contribution >= 4 is 27.0 Å². The van der Waals surface area contributed by atoms with Gasteiger partial charge in [-0.1, -0.05) is 0 Å². The molecule has 3 rings (SSSR count). The van der Waals surface area contributed by atoms with Crippen molar-refractivity contribution in [2.45, 2.75) is 6.92 Å². The van der Waals surface area contributed by atoms with Crippen LogP contribution in [-0.4, -0.2) is 4.98 Å². The molecular formula is C14H9BrFNO. The average Bonchev–Trinajstić information content (AvgIpc) is 2.74. The molecule has 0 bridgehead atoms. The maximum Gasteiger partial charge on any atom is 0.227 e. The number of hydrogen-bond donors (Lipinski definition) is 0. The molecule has 0 spiro atoms. The van der Waals surface area contributed by atoms with Gasteiger partial charge in [-0.15, -0.1) is 0 Å². The van der Waals surface area contributed by atoms with E-state index in [2.05, 4.69) is 20.9 Å². The molecule has 0 radical (unpaired) electrons. The van der Waals surface area contributed by atoms with Crippen LogP contribution in [0.2, 0.25) is 0 Å². The third-order valence-corrected chi connectivity index (χ3v) is 3.27. The third kappa shape index (κ3) is 1.93. The van der Waals surface area contributed by atoms with Gasteiger partial charge >= 0.3 is 0 Å². The quantitative estimate of drug-likeness (QED) is 0.651. The molecule has 0 saturated heterocycles. The Morgan fingerprint density at radius 1 is 1.17 bits per heavy atom. The maximum absolute atomic E-state index is 12.9. The number of halogens is 2. The van der Waals surface area contributed by atoms with Crippen LogP contribution in [0.1, 0.15) is 5.56 Å². The van der Waals surface area contributed by atoms with E-state index in [9.17, 15) is 4.39 Å². The van der Waals surface area contributed by atoms with Crippen molar-refractivity contribution in [2.75, 3.05) is 0 Å². The van der Waals surface area contributed by atoms with E-state index in [1.54, 1.807) is 12.1 Å². The summed E-state index contributed by atoms with van der Waals surface area (Å²) in [6.07, 6.45) is 0. The Labute approximate surface area is 112 Å². The van der Waals surface area contributed by atoms with E-state index in [4.69, 9.17) is 4.42 Å². The highest BCUT2D eigenvalue weighted by molar-refractivity contribution is 9.10. The zero-order chi connectivity index (χ0) is 12.7. The summed E-state index contributed by atoms with van der Waals surface area (Å²) in [7, 11) is 0. The van der Waals surface area contributed by atoms with Gasteiger partial charge in [-0.3, -0.25) is 0 Å². The van der Waals surface area contributed by atoms with Crippen molar-refractivity contribution in [1.82, 2.24) is 4.98 Å². The van der Waals surface area contributed by atoms with Gasteiger partial charge in [0, 0.05) is 5.56 Å². The van der Waals surface area contributed by atoms with Gasteiger partial charge in [-0.05, 0) is 64.8 Å². The Morgan fingerprint density at radius 2 is 1.89 bits per heavy atom. The zero-order valence-corrected chi connectivity index (χ0v) is 11.2. The fourth-order valence-corrected chi connectivity index (χ4v) is 2.48. The van der Waals surface area contributed by atoms with Gasteiger partial charge in [0.25, 0.3) is 0 Å². The lowest BCUT2D eigenvalue weighted by Crippen LogP contribution is -1.78. The molecule has 0 aliphatic carbocycles. The monoisotopic (exact) mass is 305 g/mol. The van der Waals surface area contributed by atoms with Crippen LogP contribution in [0, 0.1) is 12.7 Å². The summed E-state index contributed by atoms with van der Waals surface area (Å²) in [5.41, 5.74) is 3.37. The van der Waals surface area contributed by atoms with Crippen molar-refractivity contribution < 1.29 is 8.81 Å². The van der Waals surface area contributed by atoms with Crippen molar-refractivity contribution in [3.8, 4) is 11.5 Å². The smallest absolute Gasteiger partial charge is 0.227 e. The van der Waals surface area contributed by atoms with Gasteiger partial charge in [-0.25, -0.2) is 9.37 Å². The lowest BCUT2D eigenvalue weighted by Gasteiger charge is -1.94. The maximum atomic E-state index is 12.9. The van der Waals surface area contributed by atoms with Crippen LogP contribution in [0.25, 0.3) is 22.6 Å². The number of benzene rings is 2. The second kappa shape index (κ2) is 4.21. The van der Waals surface area contributed by atoms with E-state index in [0.29, 0.717) is 11.5 Å². The Morgan fingerprint density at radius 3 is 2.61 bits per heavy atom. The largest absolute Gasteiger partial charge is 0.435 e. The number of fused-ring (bicyclic) bond motifs is 1. The van der Waals surface area contributed by atoms with Crippen molar-refractivity contribution in [3.63, 3.8) is 0 Å². The molecule has 0 unspecified atom stereocenters. The summed E-state index contributed by atoms with van der Waals surface area (Å²) in [6.45, 7) is 2.00. The highest BCUT2D eigenvalue weighted by atomic mass is 79.9. The van der Waals surface area contributed by atoms with E-state index in [1.165, 1.54) is 12.1 Å². The predicted molar refractivity (Wildman–Crippen MR) is 71.8 cm³/mol. The number of aromatic nitrogens is 1. The topological polar surface area (TPSA) is 26.0 Å². The molecule has 0 amide bonds. The van der Waals surface area contributed by atoms with Crippen molar-refractivity contribution in [2.24, 2.45) is 0 Å². The summed E-state index contributed by atoms with van der Waals surface area (Å²) < 4.78 is 19.4. The van der Waals surface area contributed by atoms with Gasteiger partial charge in [0.2, 0.25) is 5.89 Å². The van der Waals surface area contributed by atoms with E-state index in [0.717, 1.165) is 21.1 Å². The number of rotatable bonds is 1. The zero-order valence-electron chi connectivity index (χ0n) is 9.58. The van der Waals surface area contributed by atoms with Gasteiger partial charge in [0.05, 0.1) is 4.47 Å². The van der Waals surface area contributed by atoms with Crippen LogP contribution in [0.4, 0.5) is 4.39 Å². The van der Waals surface area contributed by atoms with Crippen LogP contribution in [0.15, 0.2) is 45.3 Å². The number of hydrogen-bond acceptors (Lipinski definition) is 2. The predicted octanol–water partition coefficient (Wildman–Crippen LogP) is 4.70. The molecule has 90 valence electrons. The molecular weight excluding hydrogens is 297 g/mol. The van der Waals surface area contributed by atoms with E-state index < -0.39 is 0 Å². The van der Waals surface area contributed by atoms with Crippen molar-refractivity contribution in [3.05, 3.63) is 52.3 Å².